The first-order valence-electron chi connectivity index (χ1n) is 4.81. The molecule has 0 atom stereocenters. The van der Waals surface area contributed by atoms with Gasteiger partial charge in [-0.2, -0.15) is 0 Å². The fourth-order valence-corrected chi connectivity index (χ4v) is 1.55. The lowest BCUT2D eigenvalue weighted by Gasteiger charge is -2.07. The molecule has 0 spiro atoms. The number of benzene rings is 1. The summed E-state index contributed by atoms with van der Waals surface area (Å²) in [7, 11) is 0. The van der Waals surface area contributed by atoms with Gasteiger partial charge in [0.05, 0.1) is 4.47 Å². The van der Waals surface area contributed by atoms with Crippen LogP contribution in [0.15, 0.2) is 41.0 Å². The van der Waals surface area contributed by atoms with E-state index in [4.69, 9.17) is 10.5 Å². The third-order valence-corrected chi connectivity index (χ3v) is 3.11. The molecule has 0 radical (unpaired) electrons. The number of aromatic nitrogens is 1. The zero-order valence-electron chi connectivity index (χ0n) is 8.77. The van der Waals surface area contributed by atoms with Crippen molar-refractivity contribution in [2.45, 2.75) is 6.92 Å². The fourth-order valence-electron chi connectivity index (χ4n) is 1.23. The Bertz CT molecular complexity index is 497. The molecule has 4 heteroatoms. The largest absolute Gasteiger partial charge is 0.438 e. The van der Waals surface area contributed by atoms with E-state index in [0.29, 0.717) is 17.3 Å². The molecule has 0 saturated heterocycles. The van der Waals surface area contributed by atoms with Gasteiger partial charge in [0.15, 0.2) is 0 Å². The Balaban J connectivity index is 2.27. The first-order valence-corrected chi connectivity index (χ1v) is 5.60. The van der Waals surface area contributed by atoms with E-state index in [1.807, 2.05) is 25.1 Å². The summed E-state index contributed by atoms with van der Waals surface area (Å²) in [6.07, 6.45) is 1.72. The van der Waals surface area contributed by atoms with Gasteiger partial charge in [0.1, 0.15) is 5.75 Å². The minimum absolute atomic E-state index is 0.560. The van der Waals surface area contributed by atoms with Crippen LogP contribution in [0.2, 0.25) is 0 Å². The molecule has 0 aliphatic heterocycles. The third-order valence-electron chi connectivity index (χ3n) is 2.14. The number of nitrogens with zero attached hydrogens (tertiary/aromatic N) is 1. The van der Waals surface area contributed by atoms with E-state index in [0.717, 1.165) is 10.0 Å². The highest BCUT2D eigenvalue weighted by Crippen LogP contribution is 2.29. The molecule has 0 aliphatic carbocycles. The minimum atomic E-state index is 0.560. The molecule has 2 N–H and O–H groups in total. The van der Waals surface area contributed by atoms with E-state index in [1.54, 1.807) is 18.3 Å². The Morgan fingerprint density at radius 3 is 2.56 bits per heavy atom. The summed E-state index contributed by atoms with van der Waals surface area (Å²) in [6.45, 7) is 1.99. The van der Waals surface area contributed by atoms with Gasteiger partial charge >= 0.3 is 0 Å². The molecule has 2 rings (SSSR count). The number of nitrogen functional groups attached to an aromatic ring is 1. The van der Waals surface area contributed by atoms with Gasteiger partial charge in [0.2, 0.25) is 5.88 Å². The van der Waals surface area contributed by atoms with Crippen LogP contribution in [-0.2, 0) is 0 Å². The Hall–Kier alpha value is -1.55. The highest BCUT2D eigenvalue weighted by Gasteiger charge is 2.06. The lowest BCUT2D eigenvalue weighted by atomic mass is 10.3. The quantitative estimate of drug-likeness (QED) is 0.855. The Labute approximate surface area is 102 Å². The maximum Gasteiger partial charge on any atom is 0.233 e. The number of rotatable bonds is 2. The summed E-state index contributed by atoms with van der Waals surface area (Å²) in [5.74, 6) is 1.28. The average Bonchev–Trinajstić information content (AvgIpc) is 2.28. The van der Waals surface area contributed by atoms with Crippen molar-refractivity contribution < 1.29 is 4.74 Å². The zero-order chi connectivity index (χ0) is 11.5. The highest BCUT2D eigenvalue weighted by molar-refractivity contribution is 9.10. The standard InChI is InChI=1S/C12H11BrN2O/c1-8-6-7-15-12(11(8)13)16-10-4-2-9(14)3-5-10/h2-7H,14H2,1H3. The molecular weight excluding hydrogens is 268 g/mol. The molecule has 1 aromatic carbocycles. The Morgan fingerprint density at radius 1 is 1.19 bits per heavy atom. The monoisotopic (exact) mass is 278 g/mol. The Kier molecular flexibility index (Phi) is 3.10. The molecule has 82 valence electrons. The van der Waals surface area contributed by atoms with Crippen LogP contribution >= 0.6 is 15.9 Å². The fraction of sp³-hybridized carbons (Fsp3) is 0.0833. The van der Waals surface area contributed by atoms with Gasteiger partial charge in [-0.25, -0.2) is 4.98 Å². The van der Waals surface area contributed by atoms with Crippen molar-refractivity contribution >= 4 is 21.6 Å². The number of ether oxygens (including phenoxy) is 1. The third kappa shape index (κ3) is 2.33. The van der Waals surface area contributed by atoms with Crippen LogP contribution in [0, 0.1) is 6.92 Å². The first-order chi connectivity index (χ1) is 7.66. The van der Waals surface area contributed by atoms with Gasteiger partial charge in [0.25, 0.3) is 0 Å². The molecule has 2 aromatic rings. The normalized spacial score (nSPS) is 10.1. The second-order valence-electron chi connectivity index (χ2n) is 3.42. The molecule has 0 saturated carbocycles. The van der Waals surface area contributed by atoms with Crippen LogP contribution in [-0.4, -0.2) is 4.98 Å². The second-order valence-corrected chi connectivity index (χ2v) is 4.21. The predicted octanol–water partition coefficient (Wildman–Crippen LogP) is 3.53. The molecule has 0 fully saturated rings. The lowest BCUT2D eigenvalue weighted by molar-refractivity contribution is 0.459. The van der Waals surface area contributed by atoms with E-state index >= 15 is 0 Å². The summed E-state index contributed by atoms with van der Waals surface area (Å²) in [6, 6.07) is 9.12. The lowest BCUT2D eigenvalue weighted by Crippen LogP contribution is -1.91. The van der Waals surface area contributed by atoms with Gasteiger partial charge in [-0.15, -0.1) is 0 Å². The van der Waals surface area contributed by atoms with Crippen molar-refractivity contribution in [2.24, 2.45) is 0 Å². The predicted molar refractivity (Wildman–Crippen MR) is 67.6 cm³/mol. The highest BCUT2D eigenvalue weighted by atomic mass is 79.9. The summed E-state index contributed by atoms with van der Waals surface area (Å²) in [5.41, 5.74) is 7.39. The SMILES string of the molecule is Cc1ccnc(Oc2ccc(N)cc2)c1Br. The number of aryl methyl sites for hydroxylation is 1. The van der Waals surface area contributed by atoms with Crippen molar-refractivity contribution in [2.75, 3.05) is 5.73 Å². The van der Waals surface area contributed by atoms with Crippen LogP contribution in [0.3, 0.4) is 0 Å². The summed E-state index contributed by atoms with van der Waals surface area (Å²) < 4.78 is 6.50. The van der Waals surface area contributed by atoms with Gasteiger partial charge in [-0.1, -0.05) is 0 Å². The molecule has 3 nitrogen and oxygen atoms in total. The van der Waals surface area contributed by atoms with E-state index in [1.165, 1.54) is 0 Å². The topological polar surface area (TPSA) is 48.1 Å². The second kappa shape index (κ2) is 4.53. The van der Waals surface area contributed by atoms with Gasteiger partial charge in [0, 0.05) is 11.9 Å². The number of nitrogens with two attached hydrogens (primary N) is 1. The van der Waals surface area contributed by atoms with Crippen molar-refractivity contribution in [3.8, 4) is 11.6 Å². The van der Waals surface area contributed by atoms with Gasteiger partial charge in [-0.3, -0.25) is 0 Å². The maximum atomic E-state index is 5.63. The minimum Gasteiger partial charge on any atom is -0.438 e. The Morgan fingerprint density at radius 2 is 1.88 bits per heavy atom. The summed E-state index contributed by atoms with van der Waals surface area (Å²) >= 11 is 3.44. The number of halogens is 1. The van der Waals surface area contributed by atoms with E-state index in [-0.39, 0.29) is 0 Å². The van der Waals surface area contributed by atoms with E-state index in [9.17, 15) is 0 Å². The van der Waals surface area contributed by atoms with Crippen LogP contribution in [0.1, 0.15) is 5.56 Å². The van der Waals surface area contributed by atoms with Crippen molar-refractivity contribution in [3.05, 3.63) is 46.6 Å². The first kappa shape index (κ1) is 11.0. The van der Waals surface area contributed by atoms with Gasteiger partial charge in [-0.05, 0) is 58.7 Å². The summed E-state index contributed by atoms with van der Waals surface area (Å²) in [5, 5.41) is 0. The van der Waals surface area contributed by atoms with Crippen molar-refractivity contribution in [1.82, 2.24) is 4.98 Å². The molecule has 0 amide bonds. The smallest absolute Gasteiger partial charge is 0.233 e. The van der Waals surface area contributed by atoms with E-state index < -0.39 is 0 Å². The molecule has 16 heavy (non-hydrogen) atoms. The average molecular weight is 279 g/mol. The van der Waals surface area contributed by atoms with Crippen LogP contribution in [0.5, 0.6) is 11.6 Å². The van der Waals surface area contributed by atoms with Crippen LogP contribution in [0.25, 0.3) is 0 Å². The molecule has 1 aromatic heterocycles. The molecular formula is C12H11BrN2O. The van der Waals surface area contributed by atoms with Crippen LogP contribution < -0.4 is 10.5 Å². The number of pyridine rings is 1. The van der Waals surface area contributed by atoms with E-state index in [2.05, 4.69) is 20.9 Å². The zero-order valence-corrected chi connectivity index (χ0v) is 10.4. The van der Waals surface area contributed by atoms with Crippen LogP contribution in [0.4, 0.5) is 5.69 Å². The van der Waals surface area contributed by atoms with Gasteiger partial charge < -0.3 is 10.5 Å². The molecule has 0 unspecified atom stereocenters. The molecule has 0 aliphatic rings. The van der Waals surface area contributed by atoms with Crippen molar-refractivity contribution in [3.63, 3.8) is 0 Å². The number of hydrogen-bond donors (Lipinski definition) is 1. The maximum absolute atomic E-state index is 5.63. The molecule has 1 heterocycles. The summed E-state index contributed by atoms with van der Waals surface area (Å²) in [4.78, 5) is 4.16. The number of anilines is 1. The number of hydrogen-bond acceptors (Lipinski definition) is 3. The van der Waals surface area contributed by atoms with Crippen molar-refractivity contribution in [1.29, 1.82) is 0 Å². The molecule has 0 bridgehead atoms.